The van der Waals surface area contributed by atoms with E-state index in [2.05, 4.69) is 15.0 Å². The first-order valence-electron chi connectivity index (χ1n) is 5.69. The van der Waals surface area contributed by atoms with E-state index in [0.717, 1.165) is 0 Å². The van der Waals surface area contributed by atoms with Crippen molar-refractivity contribution in [1.82, 2.24) is 19.5 Å². The van der Waals surface area contributed by atoms with Crippen LogP contribution in [0.15, 0.2) is 12.7 Å². The molecule has 1 aliphatic rings. The van der Waals surface area contributed by atoms with Gasteiger partial charge in [-0.1, -0.05) is 0 Å². The maximum atomic E-state index is 9.95. The lowest BCUT2D eigenvalue weighted by atomic mass is 10.1. The molecule has 9 heteroatoms. The molecule has 1 saturated heterocycles. The number of anilines is 1. The van der Waals surface area contributed by atoms with Gasteiger partial charge in [0.15, 0.2) is 17.7 Å². The number of nitrogen functional groups attached to an aromatic ring is 1. The first-order valence-corrected chi connectivity index (χ1v) is 5.69. The lowest BCUT2D eigenvalue weighted by Crippen LogP contribution is -2.33. The summed E-state index contributed by atoms with van der Waals surface area (Å²) in [6.07, 6.45) is -1.42. The smallest absolute Gasteiger partial charge is 0.167 e. The molecule has 0 unspecified atom stereocenters. The van der Waals surface area contributed by atoms with Crippen molar-refractivity contribution in [3.8, 4) is 0 Å². The van der Waals surface area contributed by atoms with Crippen molar-refractivity contribution in [3.05, 3.63) is 12.7 Å². The Morgan fingerprint density at radius 1 is 1.26 bits per heavy atom. The predicted molar refractivity (Wildman–Crippen MR) is 62.7 cm³/mol. The van der Waals surface area contributed by atoms with E-state index < -0.39 is 31.1 Å². The minimum absolute atomic E-state index is 0.218. The number of ether oxygens (including phenoxy) is 1. The summed E-state index contributed by atoms with van der Waals surface area (Å²) in [5.41, 5.74) is 6.44. The van der Waals surface area contributed by atoms with E-state index in [1.54, 1.807) is 0 Å². The van der Waals surface area contributed by atoms with Gasteiger partial charge in [0.2, 0.25) is 0 Å². The predicted octanol–water partition coefficient (Wildman–Crippen LogP) is -1.98. The van der Waals surface area contributed by atoms with E-state index in [1.807, 2.05) is 0 Å². The number of nitrogens with two attached hydrogens (primary N) is 1. The van der Waals surface area contributed by atoms with Crippen LogP contribution >= 0.6 is 0 Å². The molecule has 0 aromatic carbocycles. The van der Waals surface area contributed by atoms with E-state index in [0.29, 0.717) is 11.2 Å². The van der Waals surface area contributed by atoms with E-state index >= 15 is 0 Å². The molecular weight excluding hydrogens is 254 g/mol. The SMILES string of the molecule is Nc1ncnc2c1ncn2[C@H]1O[C@H](CO)[C@@H](O)[C@@H]1O. The van der Waals surface area contributed by atoms with Crippen LogP contribution in [0.2, 0.25) is 0 Å². The average Bonchev–Trinajstić information content (AvgIpc) is 2.94. The van der Waals surface area contributed by atoms with Gasteiger partial charge in [-0.05, 0) is 0 Å². The van der Waals surface area contributed by atoms with Gasteiger partial charge in [-0.2, -0.15) is 0 Å². The molecular formula is C10H13N5O4. The van der Waals surface area contributed by atoms with Crippen LogP contribution in [0.5, 0.6) is 0 Å². The number of aliphatic hydroxyl groups is 3. The Hall–Kier alpha value is -1.81. The maximum absolute atomic E-state index is 9.95. The van der Waals surface area contributed by atoms with Crippen LogP contribution in [0.25, 0.3) is 11.2 Å². The molecule has 19 heavy (non-hydrogen) atoms. The molecule has 0 amide bonds. The molecule has 102 valence electrons. The molecule has 0 bridgehead atoms. The van der Waals surface area contributed by atoms with Crippen molar-refractivity contribution in [2.75, 3.05) is 12.3 Å². The summed E-state index contributed by atoms with van der Waals surface area (Å²) in [4.78, 5) is 11.9. The molecule has 0 spiro atoms. The molecule has 1 fully saturated rings. The molecule has 3 rings (SSSR count). The third-order valence-electron chi connectivity index (χ3n) is 3.18. The van der Waals surface area contributed by atoms with Crippen LogP contribution < -0.4 is 5.73 Å². The molecule has 1 aliphatic heterocycles. The molecule has 5 N–H and O–H groups in total. The average molecular weight is 267 g/mol. The summed E-state index contributed by atoms with van der Waals surface area (Å²) in [7, 11) is 0. The zero-order chi connectivity index (χ0) is 13.6. The van der Waals surface area contributed by atoms with E-state index in [4.69, 9.17) is 15.6 Å². The Morgan fingerprint density at radius 3 is 2.74 bits per heavy atom. The van der Waals surface area contributed by atoms with Crippen molar-refractivity contribution < 1.29 is 20.1 Å². The highest BCUT2D eigenvalue weighted by atomic mass is 16.6. The zero-order valence-electron chi connectivity index (χ0n) is 9.79. The van der Waals surface area contributed by atoms with Crippen LogP contribution in [0, 0.1) is 0 Å². The summed E-state index contributed by atoms with van der Waals surface area (Å²) in [5.74, 6) is 0.218. The first-order chi connectivity index (χ1) is 9.13. The van der Waals surface area contributed by atoms with Crippen LogP contribution in [-0.4, -0.2) is 59.8 Å². The van der Waals surface area contributed by atoms with Gasteiger partial charge in [-0.25, -0.2) is 15.0 Å². The normalized spacial score (nSPS) is 31.1. The number of rotatable bonds is 2. The van der Waals surface area contributed by atoms with Crippen molar-refractivity contribution in [2.45, 2.75) is 24.5 Å². The second-order valence-corrected chi connectivity index (χ2v) is 4.31. The summed E-state index contributed by atoms with van der Waals surface area (Å²) >= 11 is 0. The number of fused-ring (bicyclic) bond motifs is 1. The third-order valence-corrected chi connectivity index (χ3v) is 3.18. The Balaban J connectivity index is 2.04. The van der Waals surface area contributed by atoms with Crippen LogP contribution in [0.4, 0.5) is 5.82 Å². The highest BCUT2D eigenvalue weighted by Crippen LogP contribution is 2.31. The van der Waals surface area contributed by atoms with Crippen LogP contribution in [0.1, 0.15) is 6.23 Å². The monoisotopic (exact) mass is 267 g/mol. The van der Waals surface area contributed by atoms with Gasteiger partial charge < -0.3 is 25.8 Å². The fraction of sp³-hybridized carbons (Fsp3) is 0.500. The zero-order valence-corrected chi connectivity index (χ0v) is 9.79. The molecule has 0 saturated carbocycles. The van der Waals surface area contributed by atoms with Crippen molar-refractivity contribution in [3.63, 3.8) is 0 Å². The van der Waals surface area contributed by atoms with E-state index in [-0.39, 0.29) is 5.82 Å². The highest BCUT2D eigenvalue weighted by molar-refractivity contribution is 5.81. The molecule has 2 aromatic heterocycles. The van der Waals surface area contributed by atoms with Crippen molar-refractivity contribution in [1.29, 1.82) is 0 Å². The number of aliphatic hydroxyl groups excluding tert-OH is 3. The summed E-state index contributed by atoms with van der Waals surface area (Å²) in [5, 5.41) is 28.7. The fourth-order valence-corrected chi connectivity index (χ4v) is 2.17. The van der Waals surface area contributed by atoms with Gasteiger partial charge in [0.1, 0.15) is 30.2 Å². The summed E-state index contributed by atoms with van der Waals surface area (Å²) < 4.78 is 6.85. The van der Waals surface area contributed by atoms with Gasteiger partial charge in [-0.15, -0.1) is 0 Å². The number of hydrogen-bond donors (Lipinski definition) is 4. The van der Waals surface area contributed by atoms with Gasteiger partial charge in [-0.3, -0.25) is 4.57 Å². The third kappa shape index (κ3) is 1.75. The van der Waals surface area contributed by atoms with Crippen LogP contribution in [-0.2, 0) is 4.74 Å². The standard InChI is InChI=1S/C10H13N5O4/c11-8-5-9(13-2-12-8)15(3-14-5)10-7(18)6(17)4(1-16)19-10/h2-4,6-7,10,16-18H,1H2,(H2,11,12,13)/t4-,6-,7+,10+/m1/s1. The van der Waals surface area contributed by atoms with Gasteiger partial charge >= 0.3 is 0 Å². The summed E-state index contributed by atoms with van der Waals surface area (Å²) in [6, 6.07) is 0. The molecule has 0 radical (unpaired) electrons. The Morgan fingerprint density at radius 2 is 2.05 bits per heavy atom. The Labute approximate surface area is 107 Å². The largest absolute Gasteiger partial charge is 0.394 e. The molecule has 2 aromatic rings. The van der Waals surface area contributed by atoms with Gasteiger partial charge in [0.25, 0.3) is 0 Å². The highest BCUT2D eigenvalue weighted by Gasteiger charge is 2.43. The minimum Gasteiger partial charge on any atom is -0.394 e. The fourth-order valence-electron chi connectivity index (χ4n) is 2.17. The van der Waals surface area contributed by atoms with Gasteiger partial charge in [0.05, 0.1) is 12.9 Å². The van der Waals surface area contributed by atoms with Crippen LogP contribution in [0.3, 0.4) is 0 Å². The van der Waals surface area contributed by atoms with Gasteiger partial charge in [0, 0.05) is 0 Å². The topological polar surface area (TPSA) is 140 Å². The Kier molecular flexibility index (Phi) is 2.82. The lowest BCUT2D eigenvalue weighted by Gasteiger charge is -2.16. The molecule has 9 nitrogen and oxygen atoms in total. The Bertz CT molecular complexity index is 603. The summed E-state index contributed by atoms with van der Waals surface area (Å²) in [6.45, 7) is -0.390. The molecule has 3 heterocycles. The maximum Gasteiger partial charge on any atom is 0.167 e. The molecule has 4 atom stereocenters. The number of hydrogen-bond acceptors (Lipinski definition) is 8. The quantitative estimate of drug-likeness (QED) is 0.491. The number of imidazole rings is 1. The number of aromatic nitrogens is 4. The van der Waals surface area contributed by atoms with E-state index in [1.165, 1.54) is 17.2 Å². The lowest BCUT2D eigenvalue weighted by molar-refractivity contribution is -0.0511. The van der Waals surface area contributed by atoms with E-state index in [9.17, 15) is 10.2 Å². The van der Waals surface area contributed by atoms with Crippen molar-refractivity contribution >= 4 is 17.0 Å². The minimum atomic E-state index is -1.19. The molecule has 0 aliphatic carbocycles. The second kappa shape index (κ2) is 4.38. The van der Waals surface area contributed by atoms with Crippen molar-refractivity contribution in [2.24, 2.45) is 0 Å². The second-order valence-electron chi connectivity index (χ2n) is 4.31. The first kappa shape index (κ1) is 12.2. The number of nitrogens with zero attached hydrogens (tertiary/aromatic N) is 4.